The summed E-state index contributed by atoms with van der Waals surface area (Å²) in [6, 6.07) is 15.6. The number of para-hydroxylation sites is 1. The second kappa shape index (κ2) is 4.95. The molecule has 0 amide bonds. The van der Waals surface area contributed by atoms with Gasteiger partial charge >= 0.3 is 0 Å². The van der Waals surface area contributed by atoms with Gasteiger partial charge in [0.05, 0.1) is 5.52 Å². The molecule has 4 aromatic rings. The maximum Gasteiger partial charge on any atom is 0.280 e. The summed E-state index contributed by atoms with van der Waals surface area (Å²) in [5.74, 6) is 0.474. The molecule has 0 fully saturated rings. The van der Waals surface area contributed by atoms with Gasteiger partial charge in [0.1, 0.15) is 0 Å². The molecule has 0 saturated heterocycles. The summed E-state index contributed by atoms with van der Waals surface area (Å²) < 4.78 is 8.63. The van der Waals surface area contributed by atoms with Crippen LogP contribution in [0.25, 0.3) is 33.5 Å². The van der Waals surface area contributed by atoms with E-state index in [-0.39, 0.29) is 5.56 Å². The molecule has 108 valence electrons. The van der Waals surface area contributed by atoms with Crippen LogP contribution in [-0.2, 0) is 7.05 Å². The Hall–Kier alpha value is -2.15. The third-order valence-corrected chi connectivity index (χ3v) is 4.39. The highest BCUT2D eigenvalue weighted by molar-refractivity contribution is 14.1. The fourth-order valence-corrected chi connectivity index (χ4v) is 3.16. The van der Waals surface area contributed by atoms with E-state index in [2.05, 4.69) is 27.6 Å². The molecule has 2 aromatic heterocycles. The lowest BCUT2D eigenvalue weighted by molar-refractivity contribution is 0.622. The number of fused-ring (bicyclic) bond motifs is 3. The Balaban J connectivity index is 2.12. The fraction of sp³-hybridized carbons (Fsp3) is 0.0588. The van der Waals surface area contributed by atoms with E-state index in [1.807, 2.05) is 48.5 Å². The van der Waals surface area contributed by atoms with E-state index in [0.717, 1.165) is 20.0 Å². The van der Waals surface area contributed by atoms with E-state index >= 15 is 0 Å². The zero-order valence-electron chi connectivity index (χ0n) is 11.7. The van der Waals surface area contributed by atoms with Crippen molar-refractivity contribution in [3.8, 4) is 11.5 Å². The standard InChI is InChI=1S/C17H11IN2O2/c1-20-13-8-3-2-7-12(13)15-14(17(20)21)19-16(22-15)10-5-4-6-11(18)9-10/h2-9H,1H3. The van der Waals surface area contributed by atoms with E-state index in [0.29, 0.717) is 17.0 Å². The van der Waals surface area contributed by atoms with Crippen molar-refractivity contribution in [3.63, 3.8) is 0 Å². The third kappa shape index (κ3) is 1.96. The summed E-state index contributed by atoms with van der Waals surface area (Å²) in [4.78, 5) is 16.9. The Labute approximate surface area is 139 Å². The van der Waals surface area contributed by atoms with Crippen molar-refractivity contribution in [2.45, 2.75) is 0 Å². The summed E-state index contributed by atoms with van der Waals surface area (Å²) in [6.07, 6.45) is 0. The predicted molar refractivity (Wildman–Crippen MR) is 94.9 cm³/mol. The molecule has 22 heavy (non-hydrogen) atoms. The van der Waals surface area contributed by atoms with E-state index in [1.54, 1.807) is 11.6 Å². The molecule has 0 radical (unpaired) electrons. The monoisotopic (exact) mass is 402 g/mol. The highest BCUT2D eigenvalue weighted by Gasteiger charge is 2.16. The van der Waals surface area contributed by atoms with Crippen LogP contribution in [-0.4, -0.2) is 9.55 Å². The number of hydrogen-bond donors (Lipinski definition) is 0. The smallest absolute Gasteiger partial charge is 0.280 e. The summed E-state index contributed by atoms with van der Waals surface area (Å²) in [6.45, 7) is 0. The fourth-order valence-electron chi connectivity index (χ4n) is 2.62. The van der Waals surface area contributed by atoms with Crippen molar-refractivity contribution in [3.05, 3.63) is 62.5 Å². The van der Waals surface area contributed by atoms with Crippen molar-refractivity contribution in [2.75, 3.05) is 0 Å². The number of hydrogen-bond acceptors (Lipinski definition) is 3. The number of oxazole rings is 1. The van der Waals surface area contributed by atoms with Gasteiger partial charge in [0.2, 0.25) is 5.89 Å². The number of pyridine rings is 1. The number of benzene rings is 2. The van der Waals surface area contributed by atoms with Crippen molar-refractivity contribution >= 4 is 44.6 Å². The highest BCUT2D eigenvalue weighted by Crippen LogP contribution is 2.28. The minimum absolute atomic E-state index is 0.144. The lowest BCUT2D eigenvalue weighted by Gasteiger charge is -2.03. The van der Waals surface area contributed by atoms with Gasteiger partial charge in [0.25, 0.3) is 5.56 Å². The molecule has 4 rings (SSSR count). The van der Waals surface area contributed by atoms with Gasteiger partial charge in [-0.3, -0.25) is 4.79 Å². The molecule has 0 aliphatic carbocycles. The molecule has 0 N–H and O–H groups in total. The molecule has 0 bridgehead atoms. The molecule has 0 atom stereocenters. The summed E-state index contributed by atoms with van der Waals surface area (Å²) in [7, 11) is 1.75. The number of aryl methyl sites for hydroxylation is 1. The topological polar surface area (TPSA) is 48.0 Å². The first kappa shape index (κ1) is 13.5. The Morgan fingerprint density at radius 3 is 2.77 bits per heavy atom. The van der Waals surface area contributed by atoms with Gasteiger partial charge in [-0.15, -0.1) is 0 Å². The van der Waals surface area contributed by atoms with Crippen LogP contribution < -0.4 is 5.56 Å². The molecular formula is C17H11IN2O2. The lowest BCUT2D eigenvalue weighted by Crippen LogP contribution is -2.17. The molecule has 0 aliphatic rings. The molecule has 0 spiro atoms. The Morgan fingerprint density at radius 2 is 1.95 bits per heavy atom. The number of rotatable bonds is 1. The molecule has 5 heteroatoms. The van der Waals surface area contributed by atoms with Crippen molar-refractivity contribution in [1.82, 2.24) is 9.55 Å². The minimum atomic E-state index is -0.144. The van der Waals surface area contributed by atoms with E-state index < -0.39 is 0 Å². The molecule has 4 nitrogen and oxygen atoms in total. The number of halogens is 1. The van der Waals surface area contributed by atoms with Crippen molar-refractivity contribution in [1.29, 1.82) is 0 Å². The van der Waals surface area contributed by atoms with Gasteiger partial charge in [0, 0.05) is 21.6 Å². The third-order valence-electron chi connectivity index (χ3n) is 3.72. The van der Waals surface area contributed by atoms with Crippen LogP contribution in [0.5, 0.6) is 0 Å². The van der Waals surface area contributed by atoms with Crippen LogP contribution in [0.1, 0.15) is 0 Å². The maximum absolute atomic E-state index is 12.5. The molecule has 0 unspecified atom stereocenters. The van der Waals surface area contributed by atoms with Gasteiger partial charge in [0.15, 0.2) is 11.1 Å². The Morgan fingerprint density at radius 1 is 1.14 bits per heavy atom. The molecule has 0 saturated carbocycles. The molecule has 0 aliphatic heterocycles. The normalized spacial score (nSPS) is 11.4. The molecule has 2 aromatic carbocycles. The van der Waals surface area contributed by atoms with Gasteiger partial charge in [-0.25, -0.2) is 4.98 Å². The van der Waals surface area contributed by atoms with Crippen LogP contribution in [0.4, 0.5) is 0 Å². The number of nitrogens with zero attached hydrogens (tertiary/aromatic N) is 2. The largest absolute Gasteiger partial charge is 0.435 e. The van der Waals surface area contributed by atoms with Gasteiger partial charge in [-0.2, -0.15) is 0 Å². The average molecular weight is 402 g/mol. The Bertz CT molecular complexity index is 1080. The van der Waals surface area contributed by atoms with E-state index in [9.17, 15) is 4.79 Å². The van der Waals surface area contributed by atoms with Gasteiger partial charge in [-0.05, 0) is 52.9 Å². The van der Waals surface area contributed by atoms with Crippen LogP contribution in [0.15, 0.2) is 57.7 Å². The van der Waals surface area contributed by atoms with Gasteiger partial charge in [-0.1, -0.05) is 18.2 Å². The molecular weight excluding hydrogens is 391 g/mol. The van der Waals surface area contributed by atoms with Gasteiger partial charge < -0.3 is 8.98 Å². The highest BCUT2D eigenvalue weighted by atomic mass is 127. The van der Waals surface area contributed by atoms with Crippen LogP contribution in [0.2, 0.25) is 0 Å². The zero-order valence-corrected chi connectivity index (χ0v) is 13.9. The first-order valence-corrected chi connectivity index (χ1v) is 7.87. The minimum Gasteiger partial charge on any atom is -0.435 e. The number of aromatic nitrogens is 2. The SMILES string of the molecule is Cn1c(=O)c2nc(-c3cccc(I)c3)oc2c2ccccc21. The van der Waals surface area contributed by atoms with Crippen molar-refractivity contribution in [2.24, 2.45) is 7.05 Å². The Kier molecular flexibility index (Phi) is 3.04. The summed E-state index contributed by atoms with van der Waals surface area (Å²) >= 11 is 2.24. The summed E-state index contributed by atoms with van der Waals surface area (Å²) in [5.41, 5.74) is 2.48. The molecule has 2 heterocycles. The lowest BCUT2D eigenvalue weighted by atomic mass is 10.2. The van der Waals surface area contributed by atoms with E-state index in [1.165, 1.54) is 0 Å². The first-order valence-electron chi connectivity index (χ1n) is 6.79. The second-order valence-electron chi connectivity index (χ2n) is 5.09. The van der Waals surface area contributed by atoms with Crippen LogP contribution >= 0.6 is 22.6 Å². The second-order valence-corrected chi connectivity index (χ2v) is 6.33. The first-order chi connectivity index (χ1) is 10.6. The average Bonchev–Trinajstić information content (AvgIpc) is 2.98. The maximum atomic E-state index is 12.5. The zero-order chi connectivity index (χ0) is 15.3. The summed E-state index contributed by atoms with van der Waals surface area (Å²) in [5, 5.41) is 0.893. The van der Waals surface area contributed by atoms with Crippen molar-refractivity contribution < 1.29 is 4.42 Å². The van der Waals surface area contributed by atoms with Crippen LogP contribution in [0.3, 0.4) is 0 Å². The quantitative estimate of drug-likeness (QED) is 0.453. The van der Waals surface area contributed by atoms with E-state index in [4.69, 9.17) is 4.42 Å². The predicted octanol–water partition coefficient (Wildman–Crippen LogP) is 3.95. The van der Waals surface area contributed by atoms with Crippen LogP contribution in [0, 0.1) is 3.57 Å².